The van der Waals surface area contributed by atoms with Crippen molar-refractivity contribution in [1.82, 2.24) is 14.8 Å². The third kappa shape index (κ3) is 2.73. The minimum Gasteiger partial charge on any atom is -0.378 e. The van der Waals surface area contributed by atoms with Gasteiger partial charge in [0.25, 0.3) is 5.91 Å². The predicted octanol–water partition coefficient (Wildman–Crippen LogP) is 1.67. The summed E-state index contributed by atoms with van der Waals surface area (Å²) in [6, 6.07) is 2.57. The van der Waals surface area contributed by atoms with E-state index in [0.717, 1.165) is 38.8 Å². The number of carbonyl (C=O) groups excluding carboxylic acids is 1. The molecule has 1 amide bonds. The van der Waals surface area contributed by atoms with Gasteiger partial charge in [-0.15, -0.1) is 0 Å². The molecule has 118 valence electrons. The number of hydrogen-bond donors (Lipinski definition) is 0. The first-order valence-electron chi connectivity index (χ1n) is 7.95. The van der Waals surface area contributed by atoms with Crippen molar-refractivity contribution in [2.45, 2.75) is 24.9 Å². The van der Waals surface area contributed by atoms with E-state index in [1.54, 1.807) is 18.5 Å². The summed E-state index contributed by atoms with van der Waals surface area (Å²) in [7, 11) is 0. The molecule has 3 aliphatic rings. The average Bonchev–Trinajstić information content (AvgIpc) is 3.38. The Balaban J connectivity index is 1.46. The molecule has 0 aromatic carbocycles. The maximum Gasteiger partial charge on any atom is 0.255 e. The monoisotopic (exact) mass is 321 g/mol. The Kier molecular flexibility index (Phi) is 3.80. The molecule has 5 nitrogen and oxygen atoms in total. The number of pyridine rings is 1. The fraction of sp³-hybridized carbons (Fsp3) is 0.625. The lowest BCUT2D eigenvalue weighted by molar-refractivity contribution is -0.0816. The first kappa shape index (κ1) is 14.4. The van der Waals surface area contributed by atoms with Crippen LogP contribution in [0.3, 0.4) is 0 Å². The Morgan fingerprint density at radius 2 is 2.14 bits per heavy atom. The van der Waals surface area contributed by atoms with Crippen LogP contribution in [0.15, 0.2) is 18.5 Å². The number of morpholine rings is 1. The zero-order chi connectivity index (χ0) is 15.1. The van der Waals surface area contributed by atoms with E-state index in [9.17, 15) is 4.79 Å². The van der Waals surface area contributed by atoms with Crippen molar-refractivity contribution >= 4 is 17.5 Å². The van der Waals surface area contributed by atoms with E-state index in [0.29, 0.717) is 22.7 Å². The molecular weight excluding hydrogens is 302 g/mol. The summed E-state index contributed by atoms with van der Waals surface area (Å²) in [6.07, 6.45) is 5.79. The van der Waals surface area contributed by atoms with E-state index in [-0.39, 0.29) is 5.91 Å². The van der Waals surface area contributed by atoms with Crippen molar-refractivity contribution < 1.29 is 9.53 Å². The van der Waals surface area contributed by atoms with Crippen LogP contribution in [0.4, 0.5) is 0 Å². The third-order valence-corrected chi connectivity index (χ3v) is 5.17. The second kappa shape index (κ2) is 5.80. The molecule has 0 bridgehead atoms. The van der Waals surface area contributed by atoms with E-state index in [1.165, 1.54) is 12.8 Å². The summed E-state index contributed by atoms with van der Waals surface area (Å²) in [5.74, 6) is 0.824. The fourth-order valence-electron chi connectivity index (χ4n) is 3.66. The Morgan fingerprint density at radius 1 is 1.27 bits per heavy atom. The normalized spacial score (nSPS) is 29.2. The van der Waals surface area contributed by atoms with Crippen LogP contribution in [-0.2, 0) is 4.74 Å². The molecule has 0 N–H and O–H groups in total. The number of nitrogens with zero attached hydrogens (tertiary/aromatic N) is 3. The first-order chi connectivity index (χ1) is 10.7. The lowest BCUT2D eigenvalue weighted by Gasteiger charge is -2.48. The van der Waals surface area contributed by atoms with Gasteiger partial charge < -0.3 is 9.64 Å². The van der Waals surface area contributed by atoms with Gasteiger partial charge in [0.05, 0.1) is 29.8 Å². The molecular formula is C16H20ClN3O2. The average molecular weight is 322 g/mol. The summed E-state index contributed by atoms with van der Waals surface area (Å²) in [4.78, 5) is 21.1. The van der Waals surface area contributed by atoms with Crippen LogP contribution in [0.5, 0.6) is 0 Å². The maximum atomic E-state index is 12.6. The highest BCUT2D eigenvalue weighted by Gasteiger charge is 2.43. The molecule has 2 aliphatic heterocycles. The smallest absolute Gasteiger partial charge is 0.255 e. The zero-order valence-electron chi connectivity index (χ0n) is 12.4. The molecule has 1 aromatic heterocycles. The van der Waals surface area contributed by atoms with Gasteiger partial charge in [-0.3, -0.25) is 14.7 Å². The fourth-order valence-corrected chi connectivity index (χ4v) is 3.83. The van der Waals surface area contributed by atoms with Crippen LogP contribution in [0.2, 0.25) is 5.02 Å². The standard InChI is InChI=1S/C16H20ClN3O2/c17-13-5-12(6-18-7-13)16(21)19-3-4-20-14(8-19)9-22-10-15(20)11-1-2-11/h5-7,11,14-15H,1-4,8-10H2/t14-,15-/m1/s1. The largest absolute Gasteiger partial charge is 0.378 e. The molecule has 6 heteroatoms. The Bertz CT molecular complexity index is 578. The summed E-state index contributed by atoms with van der Waals surface area (Å²) >= 11 is 5.94. The van der Waals surface area contributed by atoms with Crippen molar-refractivity contribution in [2.24, 2.45) is 5.92 Å². The SMILES string of the molecule is O=C(c1cncc(Cl)c1)N1CCN2[C@@H](COC[C@@H]2C2CC2)C1. The highest BCUT2D eigenvalue weighted by molar-refractivity contribution is 6.30. The molecule has 0 spiro atoms. The molecule has 3 heterocycles. The molecule has 0 radical (unpaired) electrons. The van der Waals surface area contributed by atoms with Crippen LogP contribution < -0.4 is 0 Å². The van der Waals surface area contributed by atoms with Gasteiger partial charge >= 0.3 is 0 Å². The molecule has 2 atom stereocenters. The number of rotatable bonds is 2. The zero-order valence-corrected chi connectivity index (χ0v) is 13.2. The van der Waals surface area contributed by atoms with Crippen molar-refractivity contribution in [3.8, 4) is 0 Å². The van der Waals surface area contributed by atoms with E-state index in [4.69, 9.17) is 16.3 Å². The van der Waals surface area contributed by atoms with Gasteiger partial charge in [-0.05, 0) is 24.8 Å². The van der Waals surface area contributed by atoms with E-state index in [1.807, 2.05) is 4.90 Å². The van der Waals surface area contributed by atoms with Gasteiger partial charge in [-0.2, -0.15) is 0 Å². The van der Waals surface area contributed by atoms with Crippen molar-refractivity contribution in [3.63, 3.8) is 0 Å². The van der Waals surface area contributed by atoms with Crippen LogP contribution in [-0.4, -0.2) is 65.6 Å². The second-order valence-electron chi connectivity index (χ2n) is 6.48. The number of halogens is 1. The van der Waals surface area contributed by atoms with Crippen LogP contribution in [0, 0.1) is 5.92 Å². The third-order valence-electron chi connectivity index (χ3n) is 4.96. The van der Waals surface area contributed by atoms with Gasteiger partial charge in [-0.1, -0.05) is 11.6 Å². The molecule has 1 aliphatic carbocycles. The van der Waals surface area contributed by atoms with Gasteiger partial charge in [0, 0.05) is 38.1 Å². The summed E-state index contributed by atoms with van der Waals surface area (Å²) in [6.45, 7) is 4.02. The predicted molar refractivity (Wildman–Crippen MR) is 83.0 cm³/mol. The van der Waals surface area contributed by atoms with Gasteiger partial charge in [0.15, 0.2) is 0 Å². The van der Waals surface area contributed by atoms with E-state index >= 15 is 0 Å². The van der Waals surface area contributed by atoms with Gasteiger partial charge in [0.1, 0.15) is 0 Å². The number of hydrogen-bond acceptors (Lipinski definition) is 4. The molecule has 0 unspecified atom stereocenters. The van der Waals surface area contributed by atoms with Crippen molar-refractivity contribution in [1.29, 1.82) is 0 Å². The number of fused-ring (bicyclic) bond motifs is 1. The molecule has 1 aromatic rings. The minimum absolute atomic E-state index is 0.0168. The van der Waals surface area contributed by atoms with Crippen LogP contribution >= 0.6 is 11.6 Å². The van der Waals surface area contributed by atoms with E-state index < -0.39 is 0 Å². The molecule has 4 rings (SSSR count). The Labute approximate surface area is 135 Å². The van der Waals surface area contributed by atoms with Crippen molar-refractivity contribution in [2.75, 3.05) is 32.8 Å². The topological polar surface area (TPSA) is 45.7 Å². The van der Waals surface area contributed by atoms with Gasteiger partial charge in [0.2, 0.25) is 0 Å². The number of ether oxygens (including phenoxy) is 1. The lowest BCUT2D eigenvalue weighted by Crippen LogP contribution is -2.63. The first-order valence-corrected chi connectivity index (χ1v) is 8.33. The van der Waals surface area contributed by atoms with Crippen LogP contribution in [0.25, 0.3) is 0 Å². The maximum absolute atomic E-state index is 12.6. The Morgan fingerprint density at radius 3 is 2.91 bits per heavy atom. The molecule has 22 heavy (non-hydrogen) atoms. The number of amides is 1. The van der Waals surface area contributed by atoms with Crippen LogP contribution in [0.1, 0.15) is 23.2 Å². The highest BCUT2D eigenvalue weighted by atomic mass is 35.5. The van der Waals surface area contributed by atoms with Crippen molar-refractivity contribution in [3.05, 3.63) is 29.0 Å². The number of carbonyl (C=O) groups is 1. The highest BCUT2D eigenvalue weighted by Crippen LogP contribution is 2.38. The molecule has 1 saturated carbocycles. The van der Waals surface area contributed by atoms with E-state index in [2.05, 4.69) is 9.88 Å². The lowest BCUT2D eigenvalue weighted by atomic mass is 10.0. The summed E-state index contributed by atoms with van der Waals surface area (Å²) in [5.41, 5.74) is 0.566. The quantitative estimate of drug-likeness (QED) is 0.831. The number of aromatic nitrogens is 1. The Hall–Kier alpha value is -1.17. The minimum atomic E-state index is 0.0168. The number of piperazine rings is 1. The summed E-state index contributed by atoms with van der Waals surface area (Å²) in [5, 5.41) is 0.499. The molecule has 2 saturated heterocycles. The summed E-state index contributed by atoms with van der Waals surface area (Å²) < 4.78 is 5.79. The second-order valence-corrected chi connectivity index (χ2v) is 6.91. The van der Waals surface area contributed by atoms with Gasteiger partial charge in [-0.25, -0.2) is 0 Å². The molecule has 3 fully saturated rings.